The van der Waals surface area contributed by atoms with Crippen LogP contribution in [0.2, 0.25) is 0 Å². The fourth-order valence-corrected chi connectivity index (χ4v) is 3.31. The highest BCUT2D eigenvalue weighted by Gasteiger charge is 2.44. The van der Waals surface area contributed by atoms with Crippen LogP contribution in [-0.2, 0) is 5.54 Å². The van der Waals surface area contributed by atoms with E-state index in [0.29, 0.717) is 0 Å². The fraction of sp³-hybridized carbons (Fsp3) is 0.0952. The number of aliphatic hydroxyl groups is 2. The Balaban J connectivity index is 2.30. The zero-order chi connectivity index (χ0) is 17.7. The van der Waals surface area contributed by atoms with Gasteiger partial charge in [-0.3, -0.25) is 0 Å². The topological polar surface area (TPSA) is 43.7 Å². The summed E-state index contributed by atoms with van der Waals surface area (Å²) in [4.78, 5) is 1.88. The number of anilines is 2. The number of rotatable bonds is 6. The van der Waals surface area contributed by atoms with Gasteiger partial charge in [-0.05, 0) is 42.0 Å². The Labute approximate surface area is 152 Å². The van der Waals surface area contributed by atoms with E-state index >= 15 is 0 Å². The molecule has 0 amide bonds. The van der Waals surface area contributed by atoms with Gasteiger partial charge in [0.2, 0.25) is 0 Å². The van der Waals surface area contributed by atoms with E-state index in [1.54, 1.807) is 0 Å². The Morgan fingerprint density at radius 2 is 1.16 bits per heavy atom. The minimum absolute atomic E-state index is 0.283. The van der Waals surface area contributed by atoms with Crippen LogP contribution in [0.5, 0.6) is 0 Å². The van der Waals surface area contributed by atoms with Crippen LogP contribution in [0.4, 0.5) is 11.4 Å². The minimum atomic E-state index is -1.26. The molecular weight excluding hydrogens is 330 g/mol. The van der Waals surface area contributed by atoms with Gasteiger partial charge in [0.15, 0.2) is 10.6 Å². The molecule has 0 saturated carbocycles. The summed E-state index contributed by atoms with van der Waals surface area (Å²) < 4.78 is 0. The maximum atomic E-state index is 10.5. The molecule has 0 aromatic heterocycles. The highest BCUT2D eigenvalue weighted by Crippen LogP contribution is 2.40. The lowest BCUT2D eigenvalue weighted by Gasteiger charge is -2.43. The molecule has 25 heavy (non-hydrogen) atoms. The van der Waals surface area contributed by atoms with E-state index in [1.807, 2.05) is 95.9 Å². The lowest BCUT2D eigenvalue weighted by molar-refractivity contribution is 0.226. The van der Waals surface area contributed by atoms with Crippen LogP contribution in [0.15, 0.2) is 91.0 Å². The summed E-state index contributed by atoms with van der Waals surface area (Å²) in [6, 6.07) is 28.6. The lowest BCUT2D eigenvalue weighted by Crippen LogP contribution is -2.52. The van der Waals surface area contributed by atoms with Crippen LogP contribution >= 0.6 is 12.2 Å². The number of nitrogens with zero attached hydrogens (tertiary/aromatic N) is 1. The van der Waals surface area contributed by atoms with Crippen molar-refractivity contribution in [3.05, 3.63) is 96.6 Å². The summed E-state index contributed by atoms with van der Waals surface area (Å²) in [5, 5.41) is 20.7. The predicted octanol–water partition coefficient (Wildman–Crippen LogP) is 4.60. The standard InChI is InChI=1S/C21H19NO2S/c23-16-21(20(24)25,17-10-4-1-5-11-17)22(18-12-6-2-7-13-18)19-14-8-3-9-15-19/h1-15,23H,16H2,(H,24,25)/t21-/m1/s1. The quantitative estimate of drug-likeness (QED) is 0.639. The molecule has 1 atom stereocenters. The average molecular weight is 349 g/mol. The second kappa shape index (κ2) is 7.47. The van der Waals surface area contributed by atoms with Crippen molar-refractivity contribution in [3.8, 4) is 0 Å². The van der Waals surface area contributed by atoms with Gasteiger partial charge in [-0.25, -0.2) is 0 Å². The van der Waals surface area contributed by atoms with Crippen LogP contribution in [0.3, 0.4) is 0 Å². The number of benzene rings is 3. The number of para-hydroxylation sites is 2. The molecule has 0 aliphatic carbocycles. The van der Waals surface area contributed by atoms with E-state index in [4.69, 9.17) is 12.2 Å². The molecule has 0 fully saturated rings. The van der Waals surface area contributed by atoms with E-state index in [-0.39, 0.29) is 11.7 Å². The number of aliphatic hydroxyl groups excluding tert-OH is 2. The minimum Gasteiger partial charge on any atom is -0.500 e. The van der Waals surface area contributed by atoms with Crippen molar-refractivity contribution in [2.45, 2.75) is 5.54 Å². The summed E-state index contributed by atoms with van der Waals surface area (Å²) in [7, 11) is 0. The summed E-state index contributed by atoms with van der Waals surface area (Å²) in [5.74, 6) is 0. The Hall–Kier alpha value is -2.69. The largest absolute Gasteiger partial charge is 0.500 e. The highest BCUT2D eigenvalue weighted by molar-refractivity contribution is 7.80. The molecule has 0 spiro atoms. The average Bonchev–Trinajstić information content (AvgIpc) is 2.68. The van der Waals surface area contributed by atoms with Crippen molar-refractivity contribution in [1.82, 2.24) is 0 Å². The predicted molar refractivity (Wildman–Crippen MR) is 105 cm³/mol. The molecule has 3 aromatic carbocycles. The number of hydrogen-bond donors (Lipinski definition) is 2. The van der Waals surface area contributed by atoms with Gasteiger partial charge in [-0.15, -0.1) is 0 Å². The van der Waals surface area contributed by atoms with E-state index in [1.165, 1.54) is 0 Å². The van der Waals surface area contributed by atoms with Crippen molar-refractivity contribution in [3.63, 3.8) is 0 Å². The zero-order valence-electron chi connectivity index (χ0n) is 13.6. The van der Waals surface area contributed by atoms with Gasteiger partial charge in [-0.1, -0.05) is 66.7 Å². The third kappa shape index (κ3) is 3.14. The molecule has 3 aromatic rings. The second-order valence-corrected chi connectivity index (χ2v) is 6.08. The normalized spacial score (nSPS) is 13.0. The Kier molecular flexibility index (Phi) is 5.12. The maximum absolute atomic E-state index is 10.5. The molecule has 0 saturated heterocycles. The van der Waals surface area contributed by atoms with Gasteiger partial charge < -0.3 is 15.1 Å². The smallest absolute Gasteiger partial charge is 0.190 e. The van der Waals surface area contributed by atoms with E-state index < -0.39 is 5.54 Å². The van der Waals surface area contributed by atoms with Crippen molar-refractivity contribution in [2.24, 2.45) is 0 Å². The van der Waals surface area contributed by atoms with Gasteiger partial charge in [0.25, 0.3) is 0 Å². The molecule has 126 valence electrons. The molecule has 3 rings (SSSR count). The van der Waals surface area contributed by atoms with Crippen molar-refractivity contribution in [2.75, 3.05) is 11.5 Å². The SMILES string of the molecule is OC[C@](C(O)=S)(c1ccccc1)N(c1ccccc1)c1ccccc1. The molecule has 0 bridgehead atoms. The van der Waals surface area contributed by atoms with E-state index in [2.05, 4.69) is 0 Å². The lowest BCUT2D eigenvalue weighted by atomic mass is 9.88. The molecule has 0 unspecified atom stereocenters. The molecule has 4 heteroatoms. The van der Waals surface area contributed by atoms with Gasteiger partial charge in [0, 0.05) is 11.4 Å². The number of hydrogen-bond acceptors (Lipinski definition) is 3. The Morgan fingerprint density at radius 1 is 0.760 bits per heavy atom. The van der Waals surface area contributed by atoms with Gasteiger partial charge >= 0.3 is 0 Å². The first-order chi connectivity index (χ1) is 12.2. The summed E-state index contributed by atoms with van der Waals surface area (Å²) >= 11 is 5.24. The number of thiocarbonyl (C=S) groups is 1. The third-order valence-electron chi connectivity index (χ3n) is 4.24. The molecular formula is C21H19NO2S. The van der Waals surface area contributed by atoms with Gasteiger partial charge in [0.1, 0.15) is 0 Å². The van der Waals surface area contributed by atoms with Crippen molar-refractivity contribution < 1.29 is 10.2 Å². The fourth-order valence-electron chi connectivity index (χ4n) is 3.04. The summed E-state index contributed by atoms with van der Waals surface area (Å²) in [6.07, 6.45) is 0. The summed E-state index contributed by atoms with van der Waals surface area (Å²) in [5.41, 5.74) is 1.10. The molecule has 0 radical (unpaired) electrons. The van der Waals surface area contributed by atoms with Crippen molar-refractivity contribution in [1.29, 1.82) is 0 Å². The third-order valence-corrected chi connectivity index (χ3v) is 4.58. The Bertz CT molecular complexity index is 785. The van der Waals surface area contributed by atoms with Crippen LogP contribution < -0.4 is 4.90 Å². The monoisotopic (exact) mass is 349 g/mol. The van der Waals surface area contributed by atoms with Crippen LogP contribution in [0.25, 0.3) is 0 Å². The van der Waals surface area contributed by atoms with Crippen molar-refractivity contribution >= 4 is 28.6 Å². The van der Waals surface area contributed by atoms with Crippen LogP contribution in [0.1, 0.15) is 5.56 Å². The summed E-state index contributed by atoms with van der Waals surface area (Å²) in [6.45, 7) is -0.365. The van der Waals surface area contributed by atoms with Crippen LogP contribution in [0, 0.1) is 0 Å². The first-order valence-corrected chi connectivity index (χ1v) is 8.41. The second-order valence-electron chi connectivity index (χ2n) is 5.70. The molecule has 2 N–H and O–H groups in total. The first-order valence-electron chi connectivity index (χ1n) is 8.00. The highest BCUT2D eigenvalue weighted by atomic mass is 32.1. The molecule has 0 aliphatic rings. The zero-order valence-corrected chi connectivity index (χ0v) is 14.4. The van der Waals surface area contributed by atoms with Gasteiger partial charge in [-0.2, -0.15) is 0 Å². The van der Waals surface area contributed by atoms with E-state index in [9.17, 15) is 10.2 Å². The molecule has 3 nitrogen and oxygen atoms in total. The van der Waals surface area contributed by atoms with E-state index in [0.717, 1.165) is 16.9 Å². The van der Waals surface area contributed by atoms with Gasteiger partial charge in [0.05, 0.1) is 6.61 Å². The Morgan fingerprint density at radius 3 is 1.52 bits per heavy atom. The molecule has 0 aliphatic heterocycles. The van der Waals surface area contributed by atoms with Crippen LogP contribution in [-0.4, -0.2) is 21.9 Å². The maximum Gasteiger partial charge on any atom is 0.190 e. The first kappa shape index (κ1) is 17.1. The molecule has 0 heterocycles.